The maximum atomic E-state index is 11.8. The molecule has 2 rings (SSSR count). The summed E-state index contributed by atoms with van der Waals surface area (Å²) in [6.45, 7) is 0. The Morgan fingerprint density at radius 3 is 2.45 bits per heavy atom. The third-order valence-electron chi connectivity index (χ3n) is 2.87. The van der Waals surface area contributed by atoms with Gasteiger partial charge < -0.3 is 0 Å². The van der Waals surface area contributed by atoms with Crippen LogP contribution in [0.4, 0.5) is 0 Å². The second kappa shape index (κ2) is 5.85. The quantitative estimate of drug-likeness (QED) is 0.902. The van der Waals surface area contributed by atoms with Gasteiger partial charge in [-0.25, -0.2) is 21.6 Å². The summed E-state index contributed by atoms with van der Waals surface area (Å²) in [5.41, 5.74) is 0.693. The van der Waals surface area contributed by atoms with Crippen LogP contribution in [0.15, 0.2) is 29.7 Å². The predicted octanol–water partition coefficient (Wildman–Crippen LogP) is 1.42. The third-order valence-corrected chi connectivity index (χ3v) is 6.05. The van der Waals surface area contributed by atoms with Crippen molar-refractivity contribution in [2.24, 2.45) is 0 Å². The fourth-order valence-electron chi connectivity index (χ4n) is 1.90. The van der Waals surface area contributed by atoms with Crippen molar-refractivity contribution in [2.75, 3.05) is 11.5 Å². The molecule has 0 radical (unpaired) electrons. The number of benzene rings is 1. The van der Waals surface area contributed by atoms with Gasteiger partial charge in [0.2, 0.25) is 10.0 Å². The van der Waals surface area contributed by atoms with Gasteiger partial charge in [0, 0.05) is 16.5 Å². The molecule has 0 spiro atoms. The van der Waals surface area contributed by atoms with Gasteiger partial charge in [0.15, 0.2) is 9.84 Å². The highest BCUT2D eigenvalue weighted by atomic mass is 35.5. The number of sulfone groups is 1. The third kappa shape index (κ3) is 4.59. The Hall–Kier alpha value is -0.890. The van der Waals surface area contributed by atoms with Crippen LogP contribution in [0.5, 0.6) is 0 Å². The van der Waals surface area contributed by atoms with Crippen LogP contribution < -0.4 is 4.72 Å². The van der Waals surface area contributed by atoms with Gasteiger partial charge in [0.25, 0.3) is 0 Å². The van der Waals surface area contributed by atoms with E-state index in [1.165, 1.54) is 6.08 Å². The number of sulfonamides is 1. The average Bonchev–Trinajstić information content (AvgIpc) is 2.67. The monoisotopic (exact) mass is 335 g/mol. The van der Waals surface area contributed by atoms with Crippen LogP contribution in [0.25, 0.3) is 6.08 Å². The molecule has 1 atom stereocenters. The lowest BCUT2D eigenvalue weighted by Gasteiger charge is -2.08. The molecular weight excluding hydrogens is 322 g/mol. The second-order valence-corrected chi connectivity index (χ2v) is 8.88. The van der Waals surface area contributed by atoms with Gasteiger partial charge in [-0.1, -0.05) is 23.7 Å². The summed E-state index contributed by atoms with van der Waals surface area (Å²) in [5, 5.41) is 1.60. The number of nitrogens with one attached hydrogen (secondary N) is 1. The molecule has 1 unspecified atom stereocenters. The first-order valence-corrected chi connectivity index (χ1v) is 9.67. The van der Waals surface area contributed by atoms with Crippen LogP contribution in [0.3, 0.4) is 0 Å². The zero-order valence-electron chi connectivity index (χ0n) is 10.5. The summed E-state index contributed by atoms with van der Waals surface area (Å²) in [7, 11) is -6.76. The highest BCUT2D eigenvalue weighted by Gasteiger charge is 2.30. The molecule has 8 heteroatoms. The zero-order chi connectivity index (χ0) is 14.8. The van der Waals surface area contributed by atoms with Gasteiger partial charge in [0.1, 0.15) is 0 Å². The lowest BCUT2D eigenvalue weighted by molar-refractivity contribution is 0.571. The first kappa shape index (κ1) is 15.5. The van der Waals surface area contributed by atoms with Crippen molar-refractivity contribution in [2.45, 2.75) is 12.5 Å². The molecule has 0 amide bonds. The molecule has 1 aliphatic rings. The zero-order valence-corrected chi connectivity index (χ0v) is 12.9. The summed E-state index contributed by atoms with van der Waals surface area (Å²) >= 11 is 5.73. The highest BCUT2D eigenvalue weighted by Crippen LogP contribution is 2.14. The Morgan fingerprint density at radius 2 is 1.90 bits per heavy atom. The molecule has 1 fully saturated rings. The normalized spacial score (nSPS) is 22.4. The van der Waals surface area contributed by atoms with Crippen molar-refractivity contribution in [3.63, 3.8) is 0 Å². The molecule has 0 bridgehead atoms. The van der Waals surface area contributed by atoms with E-state index in [0.29, 0.717) is 17.0 Å². The standard InChI is InChI=1S/C12H14ClNO4S2/c13-11-3-1-10(2-4-11)5-8-20(17,18)14-12-6-7-19(15,16)9-12/h1-5,8,12,14H,6-7,9H2. The van der Waals surface area contributed by atoms with E-state index in [1.54, 1.807) is 24.3 Å². The molecule has 0 aliphatic carbocycles. The van der Waals surface area contributed by atoms with E-state index in [-0.39, 0.29) is 11.5 Å². The Morgan fingerprint density at radius 1 is 1.25 bits per heavy atom. The fraction of sp³-hybridized carbons (Fsp3) is 0.333. The molecule has 1 aromatic rings. The van der Waals surface area contributed by atoms with Crippen LogP contribution in [-0.2, 0) is 19.9 Å². The molecule has 5 nitrogen and oxygen atoms in total. The molecular formula is C12H14ClNO4S2. The van der Waals surface area contributed by atoms with E-state index in [0.717, 1.165) is 5.41 Å². The van der Waals surface area contributed by atoms with Crippen LogP contribution in [0, 0.1) is 0 Å². The highest BCUT2D eigenvalue weighted by molar-refractivity contribution is 7.93. The average molecular weight is 336 g/mol. The van der Waals surface area contributed by atoms with Gasteiger partial charge in [-0.15, -0.1) is 0 Å². The van der Waals surface area contributed by atoms with Crippen molar-refractivity contribution in [3.8, 4) is 0 Å². The predicted molar refractivity (Wildman–Crippen MR) is 79.6 cm³/mol. The van der Waals surface area contributed by atoms with E-state index in [1.807, 2.05) is 0 Å². The molecule has 1 saturated heterocycles. The Balaban J connectivity index is 2.02. The van der Waals surface area contributed by atoms with Gasteiger partial charge in [-0.3, -0.25) is 0 Å². The number of hydrogen-bond donors (Lipinski definition) is 1. The first-order chi connectivity index (χ1) is 9.26. The summed E-state index contributed by atoms with van der Waals surface area (Å²) in [4.78, 5) is 0. The van der Waals surface area contributed by atoms with Crippen LogP contribution in [0.1, 0.15) is 12.0 Å². The number of hydrogen-bond acceptors (Lipinski definition) is 4. The van der Waals surface area contributed by atoms with Gasteiger partial charge in [-0.05, 0) is 30.2 Å². The van der Waals surface area contributed by atoms with Crippen molar-refractivity contribution in [1.29, 1.82) is 0 Å². The molecule has 0 saturated carbocycles. The van der Waals surface area contributed by atoms with Gasteiger partial charge in [0.05, 0.1) is 11.5 Å². The van der Waals surface area contributed by atoms with E-state index >= 15 is 0 Å². The van der Waals surface area contributed by atoms with E-state index in [4.69, 9.17) is 11.6 Å². The van der Waals surface area contributed by atoms with Crippen LogP contribution in [-0.4, -0.2) is 34.4 Å². The van der Waals surface area contributed by atoms with Crippen molar-refractivity contribution < 1.29 is 16.8 Å². The molecule has 1 N–H and O–H groups in total. The summed E-state index contributed by atoms with van der Waals surface area (Å²) in [5.74, 6) is -0.109. The van der Waals surface area contributed by atoms with Crippen LogP contribution >= 0.6 is 11.6 Å². The van der Waals surface area contributed by atoms with Crippen molar-refractivity contribution in [3.05, 3.63) is 40.3 Å². The Labute approximate surface area is 123 Å². The van der Waals surface area contributed by atoms with Gasteiger partial charge in [-0.2, -0.15) is 0 Å². The maximum absolute atomic E-state index is 11.8. The maximum Gasteiger partial charge on any atom is 0.234 e. The van der Waals surface area contributed by atoms with Crippen LogP contribution in [0.2, 0.25) is 5.02 Å². The minimum Gasteiger partial charge on any atom is -0.229 e. The van der Waals surface area contributed by atoms with E-state index in [2.05, 4.69) is 4.72 Å². The molecule has 1 aliphatic heterocycles. The lowest BCUT2D eigenvalue weighted by Crippen LogP contribution is -2.34. The first-order valence-electron chi connectivity index (χ1n) is 5.92. The largest absolute Gasteiger partial charge is 0.234 e. The Bertz CT molecular complexity index is 708. The molecule has 1 aromatic carbocycles. The summed E-state index contributed by atoms with van der Waals surface area (Å²) < 4.78 is 48.6. The van der Waals surface area contributed by atoms with Gasteiger partial charge >= 0.3 is 0 Å². The molecule has 20 heavy (non-hydrogen) atoms. The SMILES string of the molecule is O=S1(=O)CCC(NS(=O)(=O)C=Cc2ccc(Cl)cc2)C1. The number of rotatable bonds is 4. The number of halogens is 1. The van der Waals surface area contributed by atoms with Crippen molar-refractivity contribution >= 4 is 37.5 Å². The minimum absolute atomic E-state index is 0.0289. The molecule has 0 aromatic heterocycles. The molecule has 110 valence electrons. The second-order valence-electron chi connectivity index (χ2n) is 4.62. The lowest BCUT2D eigenvalue weighted by atomic mass is 10.2. The Kier molecular flexibility index (Phi) is 4.53. The topological polar surface area (TPSA) is 80.3 Å². The fourth-order valence-corrected chi connectivity index (χ4v) is 4.89. The molecule has 1 heterocycles. The summed E-state index contributed by atoms with van der Waals surface area (Å²) in [6.07, 6.45) is 1.75. The van der Waals surface area contributed by atoms with Crippen molar-refractivity contribution in [1.82, 2.24) is 4.72 Å². The van der Waals surface area contributed by atoms with E-state index < -0.39 is 25.9 Å². The van der Waals surface area contributed by atoms with E-state index in [9.17, 15) is 16.8 Å². The minimum atomic E-state index is -3.65. The smallest absolute Gasteiger partial charge is 0.229 e. The summed E-state index contributed by atoms with van der Waals surface area (Å²) in [6, 6.07) is 6.15.